The molecule has 1 aliphatic rings. The van der Waals surface area contributed by atoms with Gasteiger partial charge in [0.15, 0.2) is 0 Å². The molecule has 64 valence electrons. The third-order valence-corrected chi connectivity index (χ3v) is 2.70. The van der Waals surface area contributed by atoms with E-state index in [4.69, 9.17) is 17.3 Å². The van der Waals surface area contributed by atoms with Gasteiger partial charge in [0.1, 0.15) is 0 Å². The Labute approximate surface area is 77.5 Å². The number of nitrogens with two attached hydrogens (primary N) is 1. The first-order valence-corrected chi connectivity index (χ1v) is 4.69. The SMILES string of the molecule is N[C@H]1CCCc2cc(Cl)ccc21. The number of hydrogen-bond donors (Lipinski definition) is 1. The lowest BCUT2D eigenvalue weighted by molar-refractivity contribution is 0.570. The third-order valence-electron chi connectivity index (χ3n) is 2.47. The molecular formula is C10H12ClN. The zero-order valence-electron chi connectivity index (χ0n) is 6.89. The number of aryl methyl sites for hydroxylation is 1. The molecule has 0 saturated carbocycles. The molecule has 0 amide bonds. The van der Waals surface area contributed by atoms with E-state index in [0.717, 1.165) is 17.9 Å². The lowest BCUT2D eigenvalue weighted by Gasteiger charge is -2.21. The summed E-state index contributed by atoms with van der Waals surface area (Å²) in [6.07, 6.45) is 3.42. The van der Waals surface area contributed by atoms with E-state index in [1.807, 2.05) is 12.1 Å². The predicted octanol–water partition coefficient (Wildman–Crippen LogP) is 2.68. The van der Waals surface area contributed by atoms with Crippen molar-refractivity contribution in [2.45, 2.75) is 25.3 Å². The van der Waals surface area contributed by atoms with E-state index >= 15 is 0 Å². The minimum Gasteiger partial charge on any atom is -0.324 e. The van der Waals surface area contributed by atoms with Crippen LogP contribution in [0.2, 0.25) is 5.02 Å². The average molecular weight is 182 g/mol. The van der Waals surface area contributed by atoms with Gasteiger partial charge < -0.3 is 5.73 Å². The summed E-state index contributed by atoms with van der Waals surface area (Å²) in [7, 11) is 0. The quantitative estimate of drug-likeness (QED) is 0.655. The highest BCUT2D eigenvalue weighted by atomic mass is 35.5. The highest BCUT2D eigenvalue weighted by molar-refractivity contribution is 6.30. The Hall–Kier alpha value is -0.530. The van der Waals surface area contributed by atoms with Gasteiger partial charge in [0.2, 0.25) is 0 Å². The van der Waals surface area contributed by atoms with Crippen LogP contribution in [0.5, 0.6) is 0 Å². The molecule has 0 bridgehead atoms. The van der Waals surface area contributed by atoms with Gasteiger partial charge in [-0.25, -0.2) is 0 Å². The first-order chi connectivity index (χ1) is 5.77. The van der Waals surface area contributed by atoms with Gasteiger partial charge in [0.25, 0.3) is 0 Å². The van der Waals surface area contributed by atoms with Crippen LogP contribution >= 0.6 is 11.6 Å². The molecule has 0 spiro atoms. The molecule has 0 fully saturated rings. The van der Waals surface area contributed by atoms with E-state index in [1.165, 1.54) is 17.5 Å². The molecule has 0 aromatic heterocycles. The fourth-order valence-corrected chi connectivity index (χ4v) is 2.02. The van der Waals surface area contributed by atoms with Crippen molar-refractivity contribution < 1.29 is 0 Å². The van der Waals surface area contributed by atoms with Crippen molar-refractivity contribution in [3.63, 3.8) is 0 Å². The zero-order chi connectivity index (χ0) is 8.55. The number of rotatable bonds is 0. The first kappa shape index (κ1) is 8.09. The van der Waals surface area contributed by atoms with Crippen LogP contribution in [0.25, 0.3) is 0 Å². The van der Waals surface area contributed by atoms with Crippen LogP contribution in [-0.4, -0.2) is 0 Å². The molecule has 1 aromatic rings. The number of hydrogen-bond acceptors (Lipinski definition) is 1. The fraction of sp³-hybridized carbons (Fsp3) is 0.400. The largest absolute Gasteiger partial charge is 0.324 e. The van der Waals surface area contributed by atoms with E-state index in [-0.39, 0.29) is 6.04 Å². The summed E-state index contributed by atoms with van der Waals surface area (Å²) in [5, 5.41) is 0.822. The maximum Gasteiger partial charge on any atom is 0.0408 e. The molecule has 0 radical (unpaired) electrons. The summed E-state index contributed by atoms with van der Waals surface area (Å²) in [4.78, 5) is 0. The topological polar surface area (TPSA) is 26.0 Å². The van der Waals surface area contributed by atoms with Gasteiger partial charge in [0.05, 0.1) is 0 Å². The average Bonchev–Trinajstić information content (AvgIpc) is 2.04. The molecular weight excluding hydrogens is 170 g/mol. The second-order valence-corrected chi connectivity index (χ2v) is 3.78. The maximum absolute atomic E-state index is 5.95. The Bertz CT molecular complexity index is 296. The summed E-state index contributed by atoms with van der Waals surface area (Å²) >= 11 is 5.88. The molecule has 1 aromatic carbocycles. The Morgan fingerprint density at radius 2 is 2.25 bits per heavy atom. The minimum atomic E-state index is 0.228. The van der Waals surface area contributed by atoms with E-state index in [0.29, 0.717) is 0 Å². The number of fused-ring (bicyclic) bond motifs is 1. The van der Waals surface area contributed by atoms with Crippen molar-refractivity contribution in [3.8, 4) is 0 Å². The van der Waals surface area contributed by atoms with Crippen LogP contribution in [0.1, 0.15) is 30.0 Å². The van der Waals surface area contributed by atoms with Crippen molar-refractivity contribution in [2.24, 2.45) is 5.73 Å². The van der Waals surface area contributed by atoms with Gasteiger partial charge in [-0.2, -0.15) is 0 Å². The highest BCUT2D eigenvalue weighted by Gasteiger charge is 2.15. The van der Waals surface area contributed by atoms with Gasteiger partial charge in [-0.3, -0.25) is 0 Å². The number of benzene rings is 1. The standard InChI is InChI=1S/C10H12ClN/c11-8-4-5-9-7(6-8)2-1-3-10(9)12/h4-6,10H,1-3,12H2/t10-/m0/s1. The lowest BCUT2D eigenvalue weighted by Crippen LogP contribution is -2.16. The smallest absolute Gasteiger partial charge is 0.0408 e. The van der Waals surface area contributed by atoms with E-state index < -0.39 is 0 Å². The first-order valence-electron chi connectivity index (χ1n) is 4.31. The van der Waals surface area contributed by atoms with Crippen molar-refractivity contribution in [2.75, 3.05) is 0 Å². The Kier molecular flexibility index (Phi) is 2.07. The van der Waals surface area contributed by atoms with Crippen molar-refractivity contribution in [1.29, 1.82) is 0 Å². The van der Waals surface area contributed by atoms with Crippen LogP contribution < -0.4 is 5.73 Å². The summed E-state index contributed by atoms with van der Waals surface area (Å²) < 4.78 is 0. The predicted molar refractivity (Wildman–Crippen MR) is 51.3 cm³/mol. The highest BCUT2D eigenvalue weighted by Crippen LogP contribution is 2.29. The molecule has 1 atom stereocenters. The van der Waals surface area contributed by atoms with Crippen LogP contribution in [0.3, 0.4) is 0 Å². The second kappa shape index (κ2) is 3.08. The zero-order valence-corrected chi connectivity index (χ0v) is 7.64. The van der Waals surface area contributed by atoms with E-state index in [9.17, 15) is 0 Å². The molecule has 2 N–H and O–H groups in total. The van der Waals surface area contributed by atoms with Gasteiger partial charge >= 0.3 is 0 Å². The van der Waals surface area contributed by atoms with Crippen LogP contribution in [-0.2, 0) is 6.42 Å². The van der Waals surface area contributed by atoms with Gasteiger partial charge in [-0.1, -0.05) is 17.7 Å². The third kappa shape index (κ3) is 1.35. The molecule has 2 rings (SSSR count). The van der Waals surface area contributed by atoms with Crippen LogP contribution in [0.15, 0.2) is 18.2 Å². The van der Waals surface area contributed by atoms with Crippen LogP contribution in [0.4, 0.5) is 0 Å². The van der Waals surface area contributed by atoms with Gasteiger partial charge in [-0.05, 0) is 42.5 Å². The lowest BCUT2D eigenvalue weighted by atomic mass is 9.88. The summed E-state index contributed by atoms with van der Waals surface area (Å²) in [5.74, 6) is 0. The molecule has 1 nitrogen and oxygen atoms in total. The fourth-order valence-electron chi connectivity index (χ4n) is 1.82. The molecule has 0 aliphatic heterocycles. The van der Waals surface area contributed by atoms with Crippen molar-refractivity contribution >= 4 is 11.6 Å². The second-order valence-electron chi connectivity index (χ2n) is 3.34. The van der Waals surface area contributed by atoms with Crippen molar-refractivity contribution in [1.82, 2.24) is 0 Å². The normalized spacial score (nSPS) is 22.0. The molecule has 1 aliphatic carbocycles. The summed E-state index contributed by atoms with van der Waals surface area (Å²) in [5.41, 5.74) is 8.57. The summed E-state index contributed by atoms with van der Waals surface area (Å²) in [6, 6.07) is 6.24. The maximum atomic E-state index is 5.95. The van der Waals surface area contributed by atoms with E-state index in [2.05, 4.69) is 6.07 Å². The van der Waals surface area contributed by atoms with Crippen molar-refractivity contribution in [3.05, 3.63) is 34.3 Å². The Morgan fingerprint density at radius 1 is 1.42 bits per heavy atom. The minimum absolute atomic E-state index is 0.228. The number of halogens is 1. The summed E-state index contributed by atoms with van der Waals surface area (Å²) in [6.45, 7) is 0. The monoisotopic (exact) mass is 181 g/mol. The molecule has 12 heavy (non-hydrogen) atoms. The van der Waals surface area contributed by atoms with Gasteiger partial charge in [-0.15, -0.1) is 0 Å². The Morgan fingerprint density at radius 3 is 3.08 bits per heavy atom. The molecule has 0 saturated heterocycles. The molecule has 0 heterocycles. The van der Waals surface area contributed by atoms with Crippen LogP contribution in [0, 0.1) is 0 Å². The molecule has 0 unspecified atom stereocenters. The Balaban J connectivity index is 2.46. The molecule has 2 heteroatoms. The van der Waals surface area contributed by atoms with Gasteiger partial charge in [0, 0.05) is 11.1 Å². The van der Waals surface area contributed by atoms with E-state index in [1.54, 1.807) is 0 Å².